The number of aromatic nitrogens is 2. The number of rotatable bonds is 6. The van der Waals surface area contributed by atoms with E-state index in [9.17, 15) is 4.79 Å². The summed E-state index contributed by atoms with van der Waals surface area (Å²) in [4.78, 5) is 14.9. The van der Waals surface area contributed by atoms with E-state index in [0.29, 0.717) is 11.3 Å². The molecule has 6 heteroatoms. The molecule has 1 aromatic heterocycles. The molecule has 0 bridgehead atoms. The Balaban J connectivity index is 1.20. The van der Waals surface area contributed by atoms with Crippen LogP contribution in [0.2, 0.25) is 0 Å². The van der Waals surface area contributed by atoms with Gasteiger partial charge in [-0.25, -0.2) is 0 Å². The van der Waals surface area contributed by atoms with Crippen LogP contribution in [0.15, 0.2) is 91.0 Å². The van der Waals surface area contributed by atoms with Gasteiger partial charge in [0.05, 0.1) is 5.69 Å². The van der Waals surface area contributed by atoms with Crippen LogP contribution in [0.4, 0.5) is 11.5 Å². The standard InChI is InChI=1S/C27H24N4O2/c32-27(21-10-14-24(15-11-21)33-23-6-2-1-3-7-23)28-22-12-8-20(9-13-22)25-16-17-26(30-29-25)31-18-4-5-19-31/h1-3,6-17H,4-5,18-19H2,(H,28,32). The Bertz CT molecular complexity index is 1200. The number of ether oxygens (including phenoxy) is 1. The maximum atomic E-state index is 12.6. The number of carbonyl (C=O) groups is 1. The number of hydrogen-bond donors (Lipinski definition) is 1. The van der Waals surface area contributed by atoms with Crippen LogP contribution >= 0.6 is 0 Å². The minimum atomic E-state index is -0.177. The first-order valence-electron chi connectivity index (χ1n) is 11.1. The van der Waals surface area contributed by atoms with Crippen molar-refractivity contribution in [3.05, 3.63) is 96.6 Å². The van der Waals surface area contributed by atoms with Gasteiger partial charge in [0.25, 0.3) is 5.91 Å². The number of anilines is 2. The maximum Gasteiger partial charge on any atom is 0.255 e. The molecule has 4 aromatic rings. The SMILES string of the molecule is O=C(Nc1ccc(-c2ccc(N3CCCC3)nn2)cc1)c1ccc(Oc2ccccc2)cc1. The number of nitrogens with one attached hydrogen (secondary N) is 1. The second kappa shape index (κ2) is 9.53. The topological polar surface area (TPSA) is 67.4 Å². The molecule has 0 atom stereocenters. The molecular weight excluding hydrogens is 412 g/mol. The van der Waals surface area contributed by atoms with Crippen LogP contribution < -0.4 is 15.0 Å². The van der Waals surface area contributed by atoms with Crippen molar-refractivity contribution in [2.45, 2.75) is 12.8 Å². The largest absolute Gasteiger partial charge is 0.457 e. The van der Waals surface area contributed by atoms with Crippen LogP contribution in [0.5, 0.6) is 11.5 Å². The van der Waals surface area contributed by atoms with Crippen LogP contribution in [0.3, 0.4) is 0 Å². The summed E-state index contributed by atoms with van der Waals surface area (Å²) in [6.45, 7) is 2.09. The summed E-state index contributed by atoms with van der Waals surface area (Å²) in [6.07, 6.45) is 2.42. The number of carbonyl (C=O) groups excluding carboxylic acids is 1. The lowest BCUT2D eigenvalue weighted by Gasteiger charge is -2.15. The Morgan fingerprint density at radius 3 is 2.12 bits per heavy atom. The molecule has 0 radical (unpaired) electrons. The zero-order valence-electron chi connectivity index (χ0n) is 18.1. The minimum absolute atomic E-state index is 0.177. The van der Waals surface area contributed by atoms with Crippen LogP contribution in [-0.4, -0.2) is 29.2 Å². The summed E-state index contributed by atoms with van der Waals surface area (Å²) in [6, 6.07) is 28.2. The lowest BCUT2D eigenvalue weighted by atomic mass is 10.1. The van der Waals surface area contributed by atoms with E-state index in [-0.39, 0.29) is 5.91 Å². The van der Waals surface area contributed by atoms with Crippen molar-refractivity contribution < 1.29 is 9.53 Å². The highest BCUT2D eigenvalue weighted by atomic mass is 16.5. The predicted molar refractivity (Wildman–Crippen MR) is 130 cm³/mol. The molecule has 5 rings (SSSR count). The highest BCUT2D eigenvalue weighted by Gasteiger charge is 2.14. The Labute approximate surface area is 192 Å². The van der Waals surface area contributed by atoms with Gasteiger partial charge in [0.2, 0.25) is 0 Å². The third-order valence-electron chi connectivity index (χ3n) is 5.61. The number of hydrogen-bond acceptors (Lipinski definition) is 5. The Hall–Kier alpha value is -4.19. The van der Waals surface area contributed by atoms with Gasteiger partial charge in [-0.3, -0.25) is 4.79 Å². The molecule has 0 saturated carbocycles. The van der Waals surface area contributed by atoms with Crippen molar-refractivity contribution in [1.82, 2.24) is 10.2 Å². The van der Waals surface area contributed by atoms with E-state index >= 15 is 0 Å². The third kappa shape index (κ3) is 5.01. The van der Waals surface area contributed by atoms with Crippen molar-refractivity contribution in [2.75, 3.05) is 23.3 Å². The summed E-state index contributed by atoms with van der Waals surface area (Å²) in [7, 11) is 0. The number of para-hydroxylation sites is 1. The van der Waals surface area contributed by atoms with E-state index < -0.39 is 0 Å². The Morgan fingerprint density at radius 2 is 1.45 bits per heavy atom. The number of amides is 1. The molecule has 1 saturated heterocycles. The van der Waals surface area contributed by atoms with E-state index in [2.05, 4.69) is 20.4 Å². The number of nitrogens with zero attached hydrogens (tertiary/aromatic N) is 3. The van der Waals surface area contributed by atoms with E-state index in [1.165, 1.54) is 12.8 Å². The molecule has 164 valence electrons. The Kier molecular flexibility index (Phi) is 5.97. The van der Waals surface area contributed by atoms with Crippen molar-refractivity contribution in [2.24, 2.45) is 0 Å². The van der Waals surface area contributed by atoms with E-state index in [1.54, 1.807) is 24.3 Å². The Morgan fingerprint density at radius 1 is 0.758 bits per heavy atom. The first kappa shape index (κ1) is 20.7. The summed E-state index contributed by atoms with van der Waals surface area (Å²) < 4.78 is 5.78. The zero-order chi connectivity index (χ0) is 22.5. The summed E-state index contributed by atoms with van der Waals surface area (Å²) >= 11 is 0. The summed E-state index contributed by atoms with van der Waals surface area (Å²) in [5, 5.41) is 11.7. The molecule has 0 spiro atoms. The van der Waals surface area contributed by atoms with E-state index in [1.807, 2.05) is 66.7 Å². The van der Waals surface area contributed by atoms with Crippen molar-refractivity contribution in [3.63, 3.8) is 0 Å². The lowest BCUT2D eigenvalue weighted by molar-refractivity contribution is 0.102. The molecule has 1 aliphatic heterocycles. The minimum Gasteiger partial charge on any atom is -0.457 e. The lowest BCUT2D eigenvalue weighted by Crippen LogP contribution is -2.19. The second-order valence-corrected chi connectivity index (χ2v) is 7.94. The highest BCUT2D eigenvalue weighted by Crippen LogP contribution is 2.24. The first-order valence-corrected chi connectivity index (χ1v) is 11.1. The monoisotopic (exact) mass is 436 g/mol. The van der Waals surface area contributed by atoms with Gasteiger partial charge in [0.15, 0.2) is 5.82 Å². The third-order valence-corrected chi connectivity index (χ3v) is 5.61. The molecule has 33 heavy (non-hydrogen) atoms. The molecule has 0 aliphatic carbocycles. The van der Waals surface area contributed by atoms with Gasteiger partial charge < -0.3 is 15.0 Å². The van der Waals surface area contributed by atoms with Gasteiger partial charge in [-0.05, 0) is 73.5 Å². The van der Waals surface area contributed by atoms with Crippen molar-refractivity contribution >= 4 is 17.4 Å². The predicted octanol–water partition coefficient (Wildman–Crippen LogP) is 5.79. The average Bonchev–Trinajstić information content (AvgIpc) is 3.41. The van der Waals surface area contributed by atoms with E-state index in [4.69, 9.17) is 4.74 Å². The molecule has 1 N–H and O–H groups in total. The quantitative estimate of drug-likeness (QED) is 0.414. The smallest absolute Gasteiger partial charge is 0.255 e. The number of benzene rings is 3. The fraction of sp³-hybridized carbons (Fsp3) is 0.148. The van der Waals surface area contributed by atoms with Crippen LogP contribution in [0.1, 0.15) is 23.2 Å². The highest BCUT2D eigenvalue weighted by molar-refractivity contribution is 6.04. The fourth-order valence-electron chi connectivity index (χ4n) is 3.82. The summed E-state index contributed by atoms with van der Waals surface area (Å²) in [5.74, 6) is 2.19. The molecular formula is C27H24N4O2. The van der Waals surface area contributed by atoms with Gasteiger partial charge in [-0.1, -0.05) is 30.3 Å². The van der Waals surface area contributed by atoms with Crippen molar-refractivity contribution in [1.29, 1.82) is 0 Å². The molecule has 1 aliphatic rings. The molecule has 2 heterocycles. The van der Waals surface area contributed by atoms with Gasteiger partial charge in [0, 0.05) is 29.9 Å². The van der Waals surface area contributed by atoms with Crippen molar-refractivity contribution in [3.8, 4) is 22.8 Å². The molecule has 1 fully saturated rings. The maximum absolute atomic E-state index is 12.6. The van der Waals surface area contributed by atoms with Gasteiger partial charge in [-0.2, -0.15) is 0 Å². The van der Waals surface area contributed by atoms with Gasteiger partial charge in [-0.15, -0.1) is 10.2 Å². The van der Waals surface area contributed by atoms with Gasteiger partial charge >= 0.3 is 0 Å². The first-order chi connectivity index (χ1) is 16.2. The normalized spacial score (nSPS) is 13.0. The molecule has 3 aromatic carbocycles. The second-order valence-electron chi connectivity index (χ2n) is 7.94. The van der Waals surface area contributed by atoms with Gasteiger partial charge in [0.1, 0.15) is 11.5 Å². The fourth-order valence-corrected chi connectivity index (χ4v) is 3.82. The zero-order valence-corrected chi connectivity index (χ0v) is 18.1. The van der Waals surface area contributed by atoms with Crippen LogP contribution in [0, 0.1) is 0 Å². The van der Waals surface area contributed by atoms with Crippen LogP contribution in [0.25, 0.3) is 11.3 Å². The molecule has 1 amide bonds. The average molecular weight is 437 g/mol. The molecule has 6 nitrogen and oxygen atoms in total. The van der Waals surface area contributed by atoms with Crippen LogP contribution in [-0.2, 0) is 0 Å². The summed E-state index contributed by atoms with van der Waals surface area (Å²) in [5.41, 5.74) is 3.04. The molecule has 0 unspecified atom stereocenters. The van der Waals surface area contributed by atoms with E-state index in [0.717, 1.165) is 41.6 Å².